The van der Waals surface area contributed by atoms with Crippen LogP contribution in [0.3, 0.4) is 0 Å². The van der Waals surface area contributed by atoms with E-state index in [1.54, 1.807) is 0 Å². The van der Waals surface area contributed by atoms with Crippen LogP contribution in [0.15, 0.2) is 12.2 Å². The van der Waals surface area contributed by atoms with E-state index in [1.165, 1.54) is 14.0 Å². The van der Waals surface area contributed by atoms with Crippen LogP contribution >= 0.6 is 0 Å². The first-order valence-electron chi connectivity index (χ1n) is 7.04. The Morgan fingerprint density at radius 3 is 2.84 bits per heavy atom. The Morgan fingerprint density at radius 2 is 2.16 bits per heavy atom. The Balaban J connectivity index is 2.00. The maximum Gasteiger partial charge on any atom is 0.309 e. The zero-order chi connectivity index (χ0) is 13.6. The van der Waals surface area contributed by atoms with Gasteiger partial charge in [-0.3, -0.25) is 9.59 Å². The Labute approximate surface area is 113 Å². The highest BCUT2D eigenvalue weighted by Crippen LogP contribution is 2.61. The number of hydrogen-bond acceptors (Lipinski definition) is 4. The summed E-state index contributed by atoms with van der Waals surface area (Å²) in [5.74, 6) is 0.0665. The number of allylic oxidation sites excluding steroid dienone is 1. The molecule has 0 N–H and O–H groups in total. The maximum atomic E-state index is 12.1. The fraction of sp³-hybridized carbons (Fsp3) is 0.733. The van der Waals surface area contributed by atoms with Crippen molar-refractivity contribution < 1.29 is 19.1 Å². The number of fused-ring (bicyclic) bond motifs is 3. The van der Waals surface area contributed by atoms with Gasteiger partial charge in [0.05, 0.1) is 13.0 Å². The van der Waals surface area contributed by atoms with Gasteiger partial charge in [0.2, 0.25) is 0 Å². The monoisotopic (exact) mass is 264 g/mol. The molecule has 0 saturated heterocycles. The van der Waals surface area contributed by atoms with Crippen molar-refractivity contribution in [3.05, 3.63) is 12.2 Å². The van der Waals surface area contributed by atoms with Crippen LogP contribution in [0.25, 0.3) is 0 Å². The molecule has 0 unspecified atom stereocenters. The van der Waals surface area contributed by atoms with Gasteiger partial charge in [-0.05, 0) is 31.6 Å². The normalized spacial score (nSPS) is 42.8. The molecule has 3 aliphatic carbocycles. The van der Waals surface area contributed by atoms with Crippen molar-refractivity contribution in [1.29, 1.82) is 0 Å². The zero-order valence-corrected chi connectivity index (χ0v) is 11.4. The highest BCUT2D eigenvalue weighted by Gasteiger charge is 2.66. The molecule has 4 nitrogen and oxygen atoms in total. The molecular formula is C15H20O4. The summed E-state index contributed by atoms with van der Waals surface area (Å²) >= 11 is 0. The van der Waals surface area contributed by atoms with Crippen LogP contribution in [0.2, 0.25) is 0 Å². The number of carbonyl (C=O) groups is 2. The molecule has 2 saturated carbocycles. The molecule has 0 spiro atoms. The number of rotatable bonds is 2. The van der Waals surface area contributed by atoms with Crippen LogP contribution in [0.5, 0.6) is 0 Å². The van der Waals surface area contributed by atoms with E-state index >= 15 is 0 Å². The van der Waals surface area contributed by atoms with E-state index in [9.17, 15) is 9.59 Å². The van der Waals surface area contributed by atoms with Gasteiger partial charge in [0.25, 0.3) is 0 Å². The summed E-state index contributed by atoms with van der Waals surface area (Å²) in [5, 5.41) is 0. The number of esters is 2. The molecule has 3 aliphatic rings. The second kappa shape index (κ2) is 4.36. The lowest BCUT2D eigenvalue weighted by molar-refractivity contribution is -0.165. The van der Waals surface area contributed by atoms with Gasteiger partial charge < -0.3 is 9.47 Å². The predicted octanol–water partition coefficient (Wildman–Crippen LogP) is 2.08. The van der Waals surface area contributed by atoms with Gasteiger partial charge >= 0.3 is 11.9 Å². The Morgan fingerprint density at radius 1 is 1.37 bits per heavy atom. The van der Waals surface area contributed by atoms with E-state index in [1.807, 2.05) is 0 Å². The highest BCUT2D eigenvalue weighted by atomic mass is 16.6. The highest BCUT2D eigenvalue weighted by molar-refractivity contribution is 5.75. The molecule has 0 bridgehead atoms. The molecule has 4 heteroatoms. The van der Waals surface area contributed by atoms with E-state index in [0.29, 0.717) is 0 Å². The van der Waals surface area contributed by atoms with E-state index in [0.717, 1.165) is 25.7 Å². The molecule has 0 aromatic carbocycles. The summed E-state index contributed by atoms with van der Waals surface area (Å²) in [5.41, 5.74) is -0.456. The van der Waals surface area contributed by atoms with Crippen molar-refractivity contribution in [2.24, 2.45) is 23.7 Å². The second-order valence-corrected chi connectivity index (χ2v) is 5.95. The third kappa shape index (κ3) is 1.65. The SMILES string of the molecule is COC(=O)[C@@H]1[C@@H]2CC=C[C@@H]2[C@@]2(OC(C)=O)CCC[C@@H]12. The van der Waals surface area contributed by atoms with Crippen molar-refractivity contribution in [2.75, 3.05) is 7.11 Å². The molecule has 19 heavy (non-hydrogen) atoms. The number of carbonyl (C=O) groups excluding carboxylic acids is 2. The fourth-order valence-corrected chi connectivity index (χ4v) is 4.73. The minimum absolute atomic E-state index is 0.119. The van der Waals surface area contributed by atoms with Crippen molar-refractivity contribution >= 4 is 11.9 Å². The number of hydrogen-bond donors (Lipinski definition) is 0. The Kier molecular flexibility index (Phi) is 2.91. The van der Waals surface area contributed by atoms with Crippen molar-refractivity contribution in [3.8, 4) is 0 Å². The zero-order valence-electron chi connectivity index (χ0n) is 11.4. The summed E-state index contributed by atoms with van der Waals surface area (Å²) < 4.78 is 10.8. The molecule has 0 aromatic rings. The first-order valence-corrected chi connectivity index (χ1v) is 7.04. The quantitative estimate of drug-likeness (QED) is 0.566. The van der Waals surface area contributed by atoms with E-state index < -0.39 is 5.60 Å². The van der Waals surface area contributed by atoms with Crippen molar-refractivity contribution in [1.82, 2.24) is 0 Å². The van der Waals surface area contributed by atoms with Crippen LogP contribution < -0.4 is 0 Å². The molecule has 0 heterocycles. The van der Waals surface area contributed by atoms with Gasteiger partial charge in [-0.25, -0.2) is 0 Å². The molecular weight excluding hydrogens is 244 g/mol. The lowest BCUT2D eigenvalue weighted by Crippen LogP contribution is -2.41. The van der Waals surface area contributed by atoms with E-state index in [4.69, 9.17) is 9.47 Å². The Bertz CT molecular complexity index is 441. The predicted molar refractivity (Wildman–Crippen MR) is 68.1 cm³/mol. The topological polar surface area (TPSA) is 52.6 Å². The molecule has 0 amide bonds. The Hall–Kier alpha value is -1.32. The van der Waals surface area contributed by atoms with Gasteiger partial charge in [-0.15, -0.1) is 0 Å². The van der Waals surface area contributed by atoms with Gasteiger partial charge in [0, 0.05) is 18.8 Å². The molecule has 0 aliphatic heterocycles. The first-order chi connectivity index (χ1) is 9.10. The van der Waals surface area contributed by atoms with Crippen LogP contribution in [0, 0.1) is 23.7 Å². The maximum absolute atomic E-state index is 12.1. The third-order valence-corrected chi connectivity index (χ3v) is 5.19. The molecule has 0 aromatic heterocycles. The van der Waals surface area contributed by atoms with Crippen LogP contribution in [-0.4, -0.2) is 24.6 Å². The minimum Gasteiger partial charge on any atom is -0.469 e. The average molecular weight is 264 g/mol. The smallest absolute Gasteiger partial charge is 0.309 e. The molecule has 3 rings (SSSR count). The minimum atomic E-state index is -0.456. The summed E-state index contributed by atoms with van der Waals surface area (Å²) in [6, 6.07) is 0. The average Bonchev–Trinajstić information content (AvgIpc) is 3.00. The molecule has 5 atom stereocenters. The first kappa shape index (κ1) is 12.7. The summed E-state index contributed by atoms with van der Waals surface area (Å²) in [7, 11) is 1.44. The van der Waals surface area contributed by atoms with Gasteiger partial charge in [0.1, 0.15) is 5.60 Å². The van der Waals surface area contributed by atoms with Crippen molar-refractivity contribution in [2.45, 2.75) is 38.2 Å². The van der Waals surface area contributed by atoms with Crippen LogP contribution in [-0.2, 0) is 19.1 Å². The number of methoxy groups -OCH3 is 1. The van der Waals surface area contributed by atoms with Crippen LogP contribution in [0.1, 0.15) is 32.6 Å². The molecule has 2 fully saturated rings. The number of ether oxygens (including phenoxy) is 2. The molecule has 0 radical (unpaired) electrons. The van der Waals surface area contributed by atoms with Crippen molar-refractivity contribution in [3.63, 3.8) is 0 Å². The van der Waals surface area contributed by atoms with Gasteiger partial charge in [0.15, 0.2) is 0 Å². The van der Waals surface area contributed by atoms with E-state index in [-0.39, 0.29) is 35.6 Å². The lowest BCUT2D eigenvalue weighted by Gasteiger charge is -2.34. The lowest BCUT2D eigenvalue weighted by atomic mass is 9.84. The third-order valence-electron chi connectivity index (χ3n) is 5.19. The summed E-state index contributed by atoms with van der Waals surface area (Å²) in [6.07, 6.45) is 8.00. The summed E-state index contributed by atoms with van der Waals surface area (Å²) in [4.78, 5) is 23.6. The largest absolute Gasteiger partial charge is 0.469 e. The van der Waals surface area contributed by atoms with E-state index in [2.05, 4.69) is 12.2 Å². The summed E-state index contributed by atoms with van der Waals surface area (Å²) in [6.45, 7) is 1.46. The molecule has 104 valence electrons. The second-order valence-electron chi connectivity index (χ2n) is 5.95. The standard InChI is InChI=1S/C15H20O4/c1-9(16)19-15-8-4-7-12(15)13(14(17)18-2)10-5-3-6-11(10)15/h3,6,10-13H,4-5,7-8H2,1-2H3/t10-,11+,12+,13-,15+/m1/s1. The van der Waals surface area contributed by atoms with Gasteiger partial charge in [-0.2, -0.15) is 0 Å². The van der Waals surface area contributed by atoms with Gasteiger partial charge in [-0.1, -0.05) is 12.2 Å². The van der Waals surface area contributed by atoms with Crippen LogP contribution in [0.4, 0.5) is 0 Å². The fourth-order valence-electron chi connectivity index (χ4n) is 4.73.